The molecule has 0 spiro atoms. The van der Waals surface area contributed by atoms with Crippen LogP contribution in [-0.2, 0) is 14.9 Å². The third-order valence-electron chi connectivity index (χ3n) is 6.31. The van der Waals surface area contributed by atoms with Crippen LogP contribution >= 0.6 is 0 Å². The molecule has 0 bridgehead atoms. The Morgan fingerprint density at radius 2 is 0.816 bits per heavy atom. The molecule has 4 aromatic carbocycles. The second-order valence-electron chi connectivity index (χ2n) is 8.73. The van der Waals surface area contributed by atoms with E-state index in [9.17, 15) is 13.2 Å². The molecule has 200 valence electrons. The maximum absolute atomic E-state index is 10.7. The standard InChI is InChI=1S/C24H20B.C4H8O.CHF3O3S/c1-5-13-21(14-6-1)25(22-15-7-2-8-16-22,23-17-9-3-10-18-23)24-19-11-4-12-20-24;1-2-4-5-3-1;2-1(3,4)8(5,6)7/h1-20H;1-4H2;(H,5,6,7)/q-1;;/p-1. The topological polar surface area (TPSA) is 66.4 Å². The SMILES string of the molecule is C1CCOC1.O=S(=O)([O-])C(F)(F)F.c1ccc([B-](c2ccccc2)(c2ccccc2)c2ccccc2)cc1. The average molecular weight is 540 g/mol. The Labute approximate surface area is 221 Å². The van der Waals surface area contributed by atoms with E-state index in [0.717, 1.165) is 13.2 Å². The minimum Gasteiger partial charge on any atom is -0.741 e. The van der Waals surface area contributed by atoms with Crippen molar-refractivity contribution in [2.24, 2.45) is 0 Å². The minimum atomic E-state index is -6.09. The van der Waals surface area contributed by atoms with Crippen LogP contribution in [-0.4, -0.2) is 37.8 Å². The maximum atomic E-state index is 10.7. The molecule has 0 aromatic heterocycles. The number of halogens is 3. The Morgan fingerprint density at radius 3 is 0.974 bits per heavy atom. The highest BCUT2D eigenvalue weighted by Crippen LogP contribution is 2.20. The van der Waals surface area contributed by atoms with Crippen molar-refractivity contribution in [2.75, 3.05) is 13.2 Å². The normalized spacial score (nSPS) is 13.5. The monoisotopic (exact) mass is 540 g/mol. The van der Waals surface area contributed by atoms with E-state index in [1.54, 1.807) is 0 Å². The van der Waals surface area contributed by atoms with Gasteiger partial charge in [-0.05, 0) is 12.8 Å². The first-order chi connectivity index (χ1) is 18.2. The van der Waals surface area contributed by atoms with Crippen molar-refractivity contribution < 1.29 is 30.9 Å². The highest BCUT2D eigenvalue weighted by molar-refractivity contribution is 7.86. The first kappa shape index (κ1) is 29.2. The second-order valence-corrected chi connectivity index (χ2v) is 10.1. The van der Waals surface area contributed by atoms with Crippen molar-refractivity contribution in [3.8, 4) is 0 Å². The predicted molar refractivity (Wildman–Crippen MR) is 146 cm³/mol. The molecular formula is C29H28BF3O4S-2. The zero-order valence-electron chi connectivity index (χ0n) is 20.6. The lowest BCUT2D eigenvalue weighted by atomic mass is 9.13. The van der Waals surface area contributed by atoms with Crippen LogP contribution in [0.5, 0.6) is 0 Å². The molecule has 1 saturated heterocycles. The summed E-state index contributed by atoms with van der Waals surface area (Å²) in [6.07, 6.45) is 1.34. The average Bonchev–Trinajstić information content (AvgIpc) is 3.52. The van der Waals surface area contributed by atoms with E-state index in [1.807, 2.05) is 0 Å². The summed E-state index contributed by atoms with van der Waals surface area (Å²) in [6, 6.07) is 43.5. The third-order valence-corrected chi connectivity index (χ3v) is 6.88. The van der Waals surface area contributed by atoms with Gasteiger partial charge >= 0.3 is 5.51 Å². The molecule has 9 heteroatoms. The van der Waals surface area contributed by atoms with Crippen molar-refractivity contribution in [1.82, 2.24) is 0 Å². The van der Waals surface area contributed by atoms with Crippen LogP contribution in [0.1, 0.15) is 12.8 Å². The van der Waals surface area contributed by atoms with E-state index in [-0.39, 0.29) is 0 Å². The molecule has 0 unspecified atom stereocenters. The van der Waals surface area contributed by atoms with Crippen LogP contribution < -0.4 is 21.9 Å². The van der Waals surface area contributed by atoms with Gasteiger partial charge in [-0.25, -0.2) is 8.42 Å². The largest absolute Gasteiger partial charge is 0.741 e. The van der Waals surface area contributed by atoms with E-state index in [0.29, 0.717) is 0 Å². The summed E-state index contributed by atoms with van der Waals surface area (Å²) in [7, 11) is -6.09. The summed E-state index contributed by atoms with van der Waals surface area (Å²) in [5, 5.41) is 0. The zero-order valence-corrected chi connectivity index (χ0v) is 21.4. The smallest absolute Gasteiger partial charge is 0.485 e. The molecule has 4 aromatic rings. The predicted octanol–water partition coefficient (Wildman–Crippen LogP) is 3.91. The van der Waals surface area contributed by atoms with Gasteiger partial charge in [-0.3, -0.25) is 0 Å². The lowest BCUT2D eigenvalue weighted by Gasteiger charge is -2.44. The van der Waals surface area contributed by atoms with Crippen LogP contribution in [0.15, 0.2) is 121 Å². The Hall–Kier alpha value is -3.40. The van der Waals surface area contributed by atoms with Crippen LogP contribution in [0.2, 0.25) is 0 Å². The molecule has 38 heavy (non-hydrogen) atoms. The number of benzene rings is 4. The van der Waals surface area contributed by atoms with Crippen molar-refractivity contribution in [2.45, 2.75) is 18.3 Å². The van der Waals surface area contributed by atoms with Crippen LogP contribution in [0, 0.1) is 0 Å². The zero-order chi connectivity index (χ0) is 27.5. The molecule has 5 rings (SSSR count). The summed E-state index contributed by atoms with van der Waals surface area (Å²) in [5.74, 6) is 0. The summed E-state index contributed by atoms with van der Waals surface area (Å²) >= 11 is 0. The van der Waals surface area contributed by atoms with Gasteiger partial charge in [0, 0.05) is 13.2 Å². The molecule has 0 N–H and O–H groups in total. The van der Waals surface area contributed by atoms with Gasteiger partial charge in [-0.1, -0.05) is 121 Å². The van der Waals surface area contributed by atoms with Gasteiger partial charge < -0.3 is 9.29 Å². The molecule has 4 nitrogen and oxygen atoms in total. The molecule has 0 radical (unpaired) electrons. The highest BCUT2D eigenvalue weighted by Gasteiger charge is 2.37. The Bertz CT molecular complexity index is 1160. The van der Waals surface area contributed by atoms with Gasteiger partial charge in [0.1, 0.15) is 6.15 Å². The first-order valence-electron chi connectivity index (χ1n) is 12.1. The summed E-state index contributed by atoms with van der Waals surface area (Å²) in [6.45, 7) is 2.00. The highest BCUT2D eigenvalue weighted by atomic mass is 32.2. The quantitative estimate of drug-likeness (QED) is 0.224. The van der Waals surface area contributed by atoms with E-state index < -0.39 is 21.8 Å². The molecular weight excluding hydrogens is 512 g/mol. The molecule has 0 aliphatic carbocycles. The van der Waals surface area contributed by atoms with E-state index in [1.165, 1.54) is 34.7 Å². The molecule has 1 heterocycles. The van der Waals surface area contributed by atoms with Crippen molar-refractivity contribution in [3.63, 3.8) is 0 Å². The van der Waals surface area contributed by atoms with E-state index in [2.05, 4.69) is 121 Å². The lowest BCUT2D eigenvalue weighted by Crippen LogP contribution is -2.74. The Kier molecular flexibility index (Phi) is 10.3. The van der Waals surface area contributed by atoms with Crippen LogP contribution in [0.4, 0.5) is 13.2 Å². The fourth-order valence-electron chi connectivity index (χ4n) is 4.63. The number of hydrogen-bond acceptors (Lipinski definition) is 4. The van der Waals surface area contributed by atoms with Crippen molar-refractivity contribution in [3.05, 3.63) is 121 Å². The number of hydrogen-bond donors (Lipinski definition) is 0. The maximum Gasteiger partial charge on any atom is 0.485 e. The first-order valence-corrected chi connectivity index (χ1v) is 13.6. The number of ether oxygens (including phenoxy) is 1. The third kappa shape index (κ3) is 7.34. The van der Waals surface area contributed by atoms with E-state index >= 15 is 0 Å². The van der Waals surface area contributed by atoms with Gasteiger partial charge in [0.2, 0.25) is 0 Å². The molecule has 1 aliphatic heterocycles. The Morgan fingerprint density at radius 1 is 0.579 bits per heavy atom. The van der Waals surface area contributed by atoms with E-state index in [4.69, 9.17) is 17.7 Å². The Balaban J connectivity index is 0.000000254. The van der Waals surface area contributed by atoms with Gasteiger partial charge in [0.25, 0.3) is 0 Å². The molecule has 0 atom stereocenters. The van der Waals surface area contributed by atoms with Crippen molar-refractivity contribution >= 4 is 38.1 Å². The summed E-state index contributed by atoms with van der Waals surface area (Å²) < 4.78 is 63.8. The fraction of sp³-hybridized carbons (Fsp3) is 0.172. The van der Waals surface area contributed by atoms with Gasteiger partial charge in [0.05, 0.1) is 0 Å². The number of rotatable bonds is 4. The molecule has 1 aliphatic rings. The number of alkyl halides is 3. The fourth-order valence-corrected chi connectivity index (χ4v) is 4.63. The van der Waals surface area contributed by atoms with Gasteiger partial charge in [-0.2, -0.15) is 35.0 Å². The van der Waals surface area contributed by atoms with Gasteiger partial charge in [-0.15, -0.1) is 0 Å². The van der Waals surface area contributed by atoms with Crippen molar-refractivity contribution in [1.29, 1.82) is 0 Å². The minimum absolute atomic E-state index is 1.00. The summed E-state index contributed by atoms with van der Waals surface area (Å²) in [5.41, 5.74) is -0.290. The molecule has 0 saturated carbocycles. The molecule has 0 amide bonds. The van der Waals surface area contributed by atoms with Crippen LogP contribution in [0.25, 0.3) is 0 Å². The van der Waals surface area contributed by atoms with Crippen LogP contribution in [0.3, 0.4) is 0 Å². The molecule has 1 fully saturated rings. The second kappa shape index (κ2) is 13.4. The lowest BCUT2D eigenvalue weighted by molar-refractivity contribution is -0.0517. The van der Waals surface area contributed by atoms with Gasteiger partial charge in [0.15, 0.2) is 10.1 Å². The summed E-state index contributed by atoms with van der Waals surface area (Å²) in [4.78, 5) is 0.